The molecular weight excluding hydrogens is 284 g/mol. The van der Waals surface area contributed by atoms with Gasteiger partial charge in [-0.05, 0) is 34.1 Å². The Labute approximate surface area is 88.1 Å². The molecule has 0 aliphatic heterocycles. The fourth-order valence-corrected chi connectivity index (χ4v) is 1.43. The summed E-state index contributed by atoms with van der Waals surface area (Å²) in [6.07, 6.45) is 0. The molecule has 0 fully saturated rings. The SMILES string of the molecule is OCC#Cc1cc(Br)ccc1Br. The van der Waals surface area contributed by atoms with Crippen LogP contribution in [0.25, 0.3) is 0 Å². The highest BCUT2D eigenvalue weighted by atomic mass is 79.9. The van der Waals surface area contributed by atoms with Crippen molar-refractivity contribution in [2.24, 2.45) is 0 Å². The van der Waals surface area contributed by atoms with Crippen LogP contribution in [-0.2, 0) is 0 Å². The van der Waals surface area contributed by atoms with Crippen molar-refractivity contribution in [3.63, 3.8) is 0 Å². The molecule has 0 heterocycles. The van der Waals surface area contributed by atoms with Crippen LogP contribution in [0.15, 0.2) is 27.1 Å². The van der Waals surface area contributed by atoms with E-state index in [1.54, 1.807) is 0 Å². The quantitative estimate of drug-likeness (QED) is 0.728. The van der Waals surface area contributed by atoms with E-state index in [1.165, 1.54) is 0 Å². The predicted octanol–water partition coefficient (Wildman–Crippen LogP) is 2.56. The first-order valence-electron chi connectivity index (χ1n) is 3.29. The normalized spacial score (nSPS) is 8.92. The molecule has 1 aromatic carbocycles. The minimum atomic E-state index is -0.112. The second-order valence-corrected chi connectivity index (χ2v) is 3.85. The van der Waals surface area contributed by atoms with E-state index in [4.69, 9.17) is 5.11 Å². The first kappa shape index (κ1) is 9.79. The van der Waals surface area contributed by atoms with Gasteiger partial charge in [-0.1, -0.05) is 27.8 Å². The highest BCUT2D eigenvalue weighted by molar-refractivity contribution is 9.11. The summed E-state index contributed by atoms with van der Waals surface area (Å²) < 4.78 is 1.92. The van der Waals surface area contributed by atoms with E-state index in [1.807, 2.05) is 18.2 Å². The van der Waals surface area contributed by atoms with Crippen molar-refractivity contribution in [2.45, 2.75) is 0 Å². The smallest absolute Gasteiger partial charge is 0.104 e. The van der Waals surface area contributed by atoms with E-state index in [9.17, 15) is 0 Å². The van der Waals surface area contributed by atoms with Crippen molar-refractivity contribution in [3.05, 3.63) is 32.7 Å². The zero-order chi connectivity index (χ0) is 8.97. The van der Waals surface area contributed by atoms with Crippen LogP contribution >= 0.6 is 31.9 Å². The molecule has 0 atom stereocenters. The lowest BCUT2D eigenvalue weighted by Crippen LogP contribution is -1.79. The van der Waals surface area contributed by atoms with Crippen molar-refractivity contribution in [3.8, 4) is 11.8 Å². The molecule has 62 valence electrons. The van der Waals surface area contributed by atoms with Crippen molar-refractivity contribution in [2.75, 3.05) is 6.61 Å². The number of rotatable bonds is 0. The molecule has 0 amide bonds. The maximum atomic E-state index is 8.49. The summed E-state index contributed by atoms with van der Waals surface area (Å²) in [6, 6.07) is 5.73. The van der Waals surface area contributed by atoms with Crippen LogP contribution in [0.4, 0.5) is 0 Å². The van der Waals surface area contributed by atoms with Crippen molar-refractivity contribution < 1.29 is 5.11 Å². The number of hydrogen-bond acceptors (Lipinski definition) is 1. The molecule has 3 heteroatoms. The van der Waals surface area contributed by atoms with Crippen LogP contribution in [0, 0.1) is 11.8 Å². The van der Waals surface area contributed by atoms with Crippen molar-refractivity contribution in [1.29, 1.82) is 0 Å². The van der Waals surface area contributed by atoms with Crippen molar-refractivity contribution >= 4 is 31.9 Å². The number of halogens is 2. The minimum Gasteiger partial charge on any atom is -0.384 e. The lowest BCUT2D eigenvalue weighted by Gasteiger charge is -1.95. The first-order chi connectivity index (χ1) is 5.74. The Kier molecular flexibility index (Phi) is 3.80. The second kappa shape index (κ2) is 4.66. The van der Waals surface area contributed by atoms with E-state index in [0.29, 0.717) is 0 Å². The van der Waals surface area contributed by atoms with Gasteiger partial charge in [0.1, 0.15) is 6.61 Å². The van der Waals surface area contributed by atoms with Crippen LogP contribution in [0.2, 0.25) is 0 Å². The number of hydrogen-bond donors (Lipinski definition) is 1. The van der Waals surface area contributed by atoms with E-state index in [-0.39, 0.29) is 6.61 Å². The average molecular weight is 290 g/mol. The molecule has 1 nitrogen and oxygen atoms in total. The molecule has 0 aliphatic rings. The zero-order valence-electron chi connectivity index (χ0n) is 6.14. The van der Waals surface area contributed by atoms with E-state index >= 15 is 0 Å². The van der Waals surface area contributed by atoms with E-state index < -0.39 is 0 Å². The average Bonchev–Trinajstić information content (AvgIpc) is 2.07. The third kappa shape index (κ3) is 2.63. The summed E-state index contributed by atoms with van der Waals surface area (Å²) in [5, 5.41) is 8.49. The maximum absolute atomic E-state index is 8.49. The Balaban J connectivity index is 3.05. The minimum absolute atomic E-state index is 0.112. The summed E-state index contributed by atoms with van der Waals surface area (Å²) in [7, 11) is 0. The highest BCUT2D eigenvalue weighted by Gasteiger charge is 1.95. The van der Waals surface area contributed by atoms with E-state index in [2.05, 4.69) is 43.7 Å². The molecule has 0 radical (unpaired) electrons. The largest absolute Gasteiger partial charge is 0.384 e. The standard InChI is InChI=1S/C9H6Br2O/c10-8-3-4-9(11)7(6-8)2-1-5-12/h3-4,6,12H,5H2. The summed E-state index contributed by atoms with van der Waals surface area (Å²) >= 11 is 6.69. The Bertz CT molecular complexity index is 336. The number of benzene rings is 1. The van der Waals surface area contributed by atoms with Gasteiger partial charge in [0.2, 0.25) is 0 Å². The Morgan fingerprint density at radius 3 is 2.75 bits per heavy atom. The number of aliphatic hydroxyl groups excluding tert-OH is 1. The molecule has 12 heavy (non-hydrogen) atoms. The van der Waals surface area contributed by atoms with Crippen LogP contribution in [0.1, 0.15) is 5.56 Å². The molecule has 1 aromatic rings. The van der Waals surface area contributed by atoms with Gasteiger partial charge in [0.15, 0.2) is 0 Å². The molecule has 0 aromatic heterocycles. The van der Waals surface area contributed by atoms with Crippen LogP contribution < -0.4 is 0 Å². The van der Waals surface area contributed by atoms with Gasteiger partial charge in [-0.3, -0.25) is 0 Å². The highest BCUT2D eigenvalue weighted by Crippen LogP contribution is 2.20. The molecule has 1 N–H and O–H groups in total. The molecule has 0 spiro atoms. The van der Waals surface area contributed by atoms with Gasteiger partial charge in [0.25, 0.3) is 0 Å². The van der Waals surface area contributed by atoms with E-state index in [0.717, 1.165) is 14.5 Å². The Morgan fingerprint density at radius 1 is 1.33 bits per heavy atom. The molecular formula is C9H6Br2O. The fourth-order valence-electron chi connectivity index (χ4n) is 0.728. The summed E-state index contributed by atoms with van der Waals surface area (Å²) in [6.45, 7) is -0.112. The first-order valence-corrected chi connectivity index (χ1v) is 4.87. The lowest BCUT2D eigenvalue weighted by molar-refractivity contribution is 0.350. The molecule has 1 rings (SSSR count). The van der Waals surface area contributed by atoms with Gasteiger partial charge in [-0.15, -0.1) is 0 Å². The number of aliphatic hydroxyl groups is 1. The molecule has 0 aliphatic carbocycles. The van der Waals surface area contributed by atoms with Crippen LogP contribution in [-0.4, -0.2) is 11.7 Å². The van der Waals surface area contributed by atoms with Gasteiger partial charge in [-0.2, -0.15) is 0 Å². The third-order valence-electron chi connectivity index (χ3n) is 1.23. The second-order valence-electron chi connectivity index (χ2n) is 2.08. The molecule has 0 saturated carbocycles. The zero-order valence-corrected chi connectivity index (χ0v) is 9.31. The maximum Gasteiger partial charge on any atom is 0.104 e. The fraction of sp³-hybridized carbons (Fsp3) is 0.111. The summed E-state index contributed by atoms with van der Waals surface area (Å²) in [5.41, 5.74) is 0.874. The van der Waals surface area contributed by atoms with Gasteiger partial charge >= 0.3 is 0 Å². The van der Waals surface area contributed by atoms with Gasteiger partial charge < -0.3 is 5.11 Å². The topological polar surface area (TPSA) is 20.2 Å². The monoisotopic (exact) mass is 288 g/mol. The van der Waals surface area contributed by atoms with Crippen LogP contribution in [0.5, 0.6) is 0 Å². The molecule has 0 saturated heterocycles. The summed E-state index contributed by atoms with van der Waals surface area (Å²) in [4.78, 5) is 0. The van der Waals surface area contributed by atoms with Crippen molar-refractivity contribution in [1.82, 2.24) is 0 Å². The van der Waals surface area contributed by atoms with Crippen LogP contribution in [0.3, 0.4) is 0 Å². The van der Waals surface area contributed by atoms with Gasteiger partial charge in [0.05, 0.1) is 0 Å². The molecule has 0 bridgehead atoms. The Hall–Kier alpha value is -0.300. The predicted molar refractivity (Wildman–Crippen MR) is 55.8 cm³/mol. The van der Waals surface area contributed by atoms with Gasteiger partial charge in [-0.25, -0.2) is 0 Å². The third-order valence-corrected chi connectivity index (χ3v) is 2.42. The Morgan fingerprint density at radius 2 is 2.08 bits per heavy atom. The summed E-state index contributed by atoms with van der Waals surface area (Å²) in [5.74, 6) is 5.41. The van der Waals surface area contributed by atoms with Gasteiger partial charge in [0, 0.05) is 14.5 Å². The lowest BCUT2D eigenvalue weighted by atomic mass is 10.2. The molecule has 0 unspecified atom stereocenters.